The van der Waals surface area contributed by atoms with Crippen molar-refractivity contribution >= 4 is 13.7 Å². The average Bonchev–Trinajstić information content (AvgIpc) is 3.38. The molecule has 8 nitrogen and oxygen atoms in total. The Morgan fingerprint density at radius 1 is 0.461 bits per heavy atom. The fraction of sp³-hybridized carbons (Fsp3) is 0.836. The molecule has 1 amide bonds. The number of quaternary nitrogens is 1. The largest absolute Gasteiger partial charge is 0.756 e. The average molecular weight is 1090 g/mol. The first-order chi connectivity index (χ1) is 37.0. The van der Waals surface area contributed by atoms with E-state index in [2.05, 4.69) is 67.8 Å². The molecule has 3 atom stereocenters. The molecule has 0 saturated carbocycles. The number of nitrogens with one attached hydrogen (secondary N) is 1. The van der Waals surface area contributed by atoms with Crippen molar-refractivity contribution < 1.29 is 32.9 Å². The number of unbranched alkanes of at least 4 members (excludes halogenated alkanes) is 39. The second-order valence-electron chi connectivity index (χ2n) is 23.5. The van der Waals surface area contributed by atoms with E-state index in [-0.39, 0.29) is 12.5 Å². The summed E-state index contributed by atoms with van der Waals surface area (Å²) in [5.41, 5.74) is 0. The van der Waals surface area contributed by atoms with Crippen LogP contribution >= 0.6 is 7.82 Å². The lowest BCUT2D eigenvalue weighted by Gasteiger charge is -2.29. The molecule has 0 saturated heterocycles. The Morgan fingerprint density at radius 2 is 0.776 bits per heavy atom. The Bertz CT molecular complexity index is 1420. The molecule has 0 spiro atoms. The number of nitrogens with zero attached hydrogens (tertiary/aromatic N) is 1. The normalized spacial score (nSPS) is 14.1. The number of carbonyl (C=O) groups is 1. The highest BCUT2D eigenvalue weighted by molar-refractivity contribution is 7.45. The summed E-state index contributed by atoms with van der Waals surface area (Å²) in [5, 5.41) is 13.8. The zero-order valence-corrected chi connectivity index (χ0v) is 51.9. The van der Waals surface area contributed by atoms with E-state index in [4.69, 9.17) is 9.05 Å². The summed E-state index contributed by atoms with van der Waals surface area (Å²) in [6, 6.07) is -0.902. The van der Waals surface area contributed by atoms with Gasteiger partial charge in [-0.2, -0.15) is 0 Å². The van der Waals surface area contributed by atoms with Crippen molar-refractivity contribution in [2.24, 2.45) is 0 Å². The molecule has 0 aromatic rings. The number of hydrogen-bond acceptors (Lipinski definition) is 6. The van der Waals surface area contributed by atoms with Gasteiger partial charge in [-0.25, -0.2) is 0 Å². The molecule has 9 heteroatoms. The number of allylic oxidation sites excluding steroid dienone is 9. The summed E-state index contributed by atoms with van der Waals surface area (Å²) in [5.74, 6) is -0.204. The Hall–Kier alpha value is -1.80. The third-order valence-corrected chi connectivity index (χ3v) is 15.7. The Balaban J connectivity index is 3.86. The van der Waals surface area contributed by atoms with Crippen LogP contribution in [0.25, 0.3) is 0 Å². The molecule has 0 aliphatic heterocycles. The fourth-order valence-electron chi connectivity index (χ4n) is 9.59. The minimum Gasteiger partial charge on any atom is -0.756 e. The van der Waals surface area contributed by atoms with E-state index in [1.54, 1.807) is 6.08 Å². The van der Waals surface area contributed by atoms with Crippen LogP contribution in [-0.4, -0.2) is 68.5 Å². The van der Waals surface area contributed by atoms with Gasteiger partial charge in [-0.15, -0.1) is 0 Å². The van der Waals surface area contributed by atoms with E-state index in [1.807, 2.05) is 27.2 Å². The molecule has 0 radical (unpaired) electrons. The first kappa shape index (κ1) is 74.2. The van der Waals surface area contributed by atoms with E-state index in [0.717, 1.165) is 51.4 Å². The van der Waals surface area contributed by atoms with Crippen LogP contribution in [0.15, 0.2) is 60.8 Å². The third kappa shape index (κ3) is 59.9. The maximum atomic E-state index is 13.0. The van der Waals surface area contributed by atoms with E-state index in [1.165, 1.54) is 238 Å². The predicted octanol–water partition coefficient (Wildman–Crippen LogP) is 19.8. The fourth-order valence-corrected chi connectivity index (χ4v) is 10.3. The second-order valence-corrected chi connectivity index (χ2v) is 24.9. The van der Waals surface area contributed by atoms with Gasteiger partial charge in [0.05, 0.1) is 39.9 Å². The molecule has 0 aromatic heterocycles. The molecule has 0 aromatic carbocycles. The Morgan fingerprint density at radius 3 is 1.16 bits per heavy atom. The maximum absolute atomic E-state index is 13.0. The minimum absolute atomic E-state index is 0.00578. The van der Waals surface area contributed by atoms with Crippen molar-refractivity contribution in [2.75, 3.05) is 40.9 Å². The number of rotatable bonds is 60. The number of likely N-dealkylation sites (N-methyl/N-ethyl adjacent to an activating group) is 1. The van der Waals surface area contributed by atoms with Crippen molar-refractivity contribution in [3.63, 3.8) is 0 Å². The van der Waals surface area contributed by atoms with Crippen LogP contribution in [-0.2, 0) is 18.4 Å². The van der Waals surface area contributed by atoms with Crippen molar-refractivity contribution in [1.82, 2.24) is 5.32 Å². The van der Waals surface area contributed by atoms with Gasteiger partial charge in [0.2, 0.25) is 5.91 Å². The number of phosphoric acid groups is 1. The van der Waals surface area contributed by atoms with Crippen LogP contribution in [0.1, 0.15) is 309 Å². The molecule has 446 valence electrons. The van der Waals surface area contributed by atoms with Gasteiger partial charge in [0.1, 0.15) is 13.2 Å². The maximum Gasteiger partial charge on any atom is 0.268 e. The molecular formula is C67H127N2O6P. The van der Waals surface area contributed by atoms with Crippen LogP contribution < -0.4 is 10.2 Å². The van der Waals surface area contributed by atoms with E-state index in [0.29, 0.717) is 17.4 Å². The lowest BCUT2D eigenvalue weighted by Crippen LogP contribution is -2.45. The number of aliphatic hydroxyl groups excluding tert-OH is 1. The van der Waals surface area contributed by atoms with Gasteiger partial charge in [0, 0.05) is 6.42 Å². The standard InChI is InChI=1S/C67H127N2O6P/c1-6-8-10-12-14-16-18-20-21-22-23-24-25-26-27-28-29-30-31-32-33-34-35-36-37-38-39-40-41-42-43-44-45-46-47-49-51-53-55-57-59-61-67(71)68-65(64-75-76(72,73)74-63-62-69(3,4)5)66(70)60-58-56-54-52-50-48-19-17-15-13-11-9-7-2/h18,20,22-23,25-26,50,52,58,60,65-66,70H,6-17,19,21,24,27-49,51,53-57,59,61-64H2,1-5H3,(H-,68,71,72,73)/b20-18-,23-22-,26-25-,52-50+,60-58+. The van der Waals surface area contributed by atoms with Crippen LogP contribution in [0.4, 0.5) is 0 Å². The molecule has 0 bridgehead atoms. The van der Waals surface area contributed by atoms with Crippen LogP contribution in [0.2, 0.25) is 0 Å². The van der Waals surface area contributed by atoms with Gasteiger partial charge in [0.15, 0.2) is 0 Å². The number of hydrogen-bond donors (Lipinski definition) is 2. The first-order valence-corrected chi connectivity index (χ1v) is 34.1. The molecule has 76 heavy (non-hydrogen) atoms. The molecule has 3 unspecified atom stereocenters. The molecule has 0 rings (SSSR count). The summed E-state index contributed by atoms with van der Waals surface area (Å²) in [6.07, 6.45) is 79.3. The summed E-state index contributed by atoms with van der Waals surface area (Å²) < 4.78 is 23.3. The summed E-state index contributed by atoms with van der Waals surface area (Å²) in [7, 11) is 1.25. The Labute approximate surface area is 472 Å². The van der Waals surface area contributed by atoms with Crippen LogP contribution in [0.3, 0.4) is 0 Å². The van der Waals surface area contributed by atoms with Crippen molar-refractivity contribution in [2.45, 2.75) is 321 Å². The lowest BCUT2D eigenvalue weighted by atomic mass is 10.0. The number of carbonyl (C=O) groups excluding carboxylic acids is 1. The molecule has 0 aliphatic rings. The van der Waals surface area contributed by atoms with E-state index in [9.17, 15) is 19.4 Å². The SMILES string of the molecule is CCCCCCC/C=C\C/C=C\C/C=C\CCCCCCCCCCCCCCCCCCCCCCCCCCCCC(=O)NC(COP(=O)([O-])OCC[N+](C)(C)C)C(O)/C=C/CC/C=C/CCCCCCCCC. The van der Waals surface area contributed by atoms with Gasteiger partial charge in [0.25, 0.3) is 7.82 Å². The van der Waals surface area contributed by atoms with Gasteiger partial charge in [-0.1, -0.05) is 293 Å². The van der Waals surface area contributed by atoms with E-state index >= 15 is 0 Å². The van der Waals surface area contributed by atoms with E-state index < -0.39 is 26.6 Å². The smallest absolute Gasteiger partial charge is 0.268 e. The van der Waals surface area contributed by atoms with Crippen molar-refractivity contribution in [3.05, 3.63) is 60.8 Å². The highest BCUT2D eigenvalue weighted by Gasteiger charge is 2.23. The topological polar surface area (TPSA) is 108 Å². The summed E-state index contributed by atoms with van der Waals surface area (Å²) >= 11 is 0. The highest BCUT2D eigenvalue weighted by Crippen LogP contribution is 2.38. The second kappa shape index (κ2) is 57.9. The molecular weight excluding hydrogens is 960 g/mol. The quantitative estimate of drug-likeness (QED) is 0.0272. The zero-order chi connectivity index (χ0) is 55.6. The Kier molecular flexibility index (Phi) is 56.5. The monoisotopic (exact) mass is 1090 g/mol. The molecule has 0 heterocycles. The minimum atomic E-state index is -4.60. The molecule has 2 N–H and O–H groups in total. The van der Waals surface area contributed by atoms with Crippen LogP contribution in [0, 0.1) is 0 Å². The first-order valence-electron chi connectivity index (χ1n) is 32.7. The number of amides is 1. The summed E-state index contributed by atoms with van der Waals surface area (Å²) in [6.45, 7) is 4.62. The zero-order valence-electron chi connectivity index (χ0n) is 51.0. The van der Waals surface area contributed by atoms with Crippen molar-refractivity contribution in [3.8, 4) is 0 Å². The predicted molar refractivity (Wildman–Crippen MR) is 330 cm³/mol. The van der Waals surface area contributed by atoms with Gasteiger partial charge >= 0.3 is 0 Å². The van der Waals surface area contributed by atoms with Crippen molar-refractivity contribution in [1.29, 1.82) is 0 Å². The number of phosphoric ester groups is 1. The highest BCUT2D eigenvalue weighted by atomic mass is 31.2. The van der Waals surface area contributed by atoms with Gasteiger partial charge < -0.3 is 28.8 Å². The van der Waals surface area contributed by atoms with Gasteiger partial charge in [-0.3, -0.25) is 9.36 Å². The van der Waals surface area contributed by atoms with Crippen LogP contribution in [0.5, 0.6) is 0 Å². The van der Waals surface area contributed by atoms with Gasteiger partial charge in [-0.05, 0) is 70.6 Å². The third-order valence-electron chi connectivity index (χ3n) is 14.7. The molecule has 0 aliphatic carbocycles. The number of aliphatic hydroxyl groups is 1. The molecule has 0 fully saturated rings. The lowest BCUT2D eigenvalue weighted by molar-refractivity contribution is -0.870. The summed E-state index contributed by atoms with van der Waals surface area (Å²) in [4.78, 5) is 25.5.